The Labute approximate surface area is 200 Å². The third-order valence-corrected chi connectivity index (χ3v) is 6.68. The second-order valence-corrected chi connectivity index (χ2v) is 8.93. The summed E-state index contributed by atoms with van der Waals surface area (Å²) >= 11 is 6.03. The molecule has 1 aromatic heterocycles. The van der Waals surface area contributed by atoms with Crippen molar-refractivity contribution in [3.63, 3.8) is 0 Å². The molecule has 1 atom stereocenters. The number of ether oxygens (including phenoxy) is 1. The average Bonchev–Trinajstić information content (AvgIpc) is 3.20. The van der Waals surface area contributed by atoms with Crippen molar-refractivity contribution in [1.29, 1.82) is 0 Å². The van der Waals surface area contributed by atoms with Gasteiger partial charge in [-0.1, -0.05) is 41.9 Å². The van der Waals surface area contributed by atoms with E-state index in [0.29, 0.717) is 38.0 Å². The van der Waals surface area contributed by atoms with Crippen molar-refractivity contribution < 1.29 is 18.7 Å². The zero-order chi connectivity index (χ0) is 23.9. The van der Waals surface area contributed by atoms with Crippen molar-refractivity contribution in [3.05, 3.63) is 76.2 Å². The molecule has 8 nitrogen and oxygen atoms in total. The summed E-state index contributed by atoms with van der Waals surface area (Å²) in [5.41, 5.74) is 6.78. The van der Waals surface area contributed by atoms with Crippen LogP contribution in [0.1, 0.15) is 34.3 Å². The number of likely N-dealkylation sites (tertiary alicyclic amines) is 1. The van der Waals surface area contributed by atoms with Gasteiger partial charge in [0, 0.05) is 13.1 Å². The van der Waals surface area contributed by atoms with Crippen molar-refractivity contribution >= 4 is 35.1 Å². The number of aromatic nitrogens is 2. The molecule has 0 aliphatic carbocycles. The van der Waals surface area contributed by atoms with E-state index in [1.54, 1.807) is 10.7 Å². The number of anilines is 2. The summed E-state index contributed by atoms with van der Waals surface area (Å²) in [7, 11) is 0. The van der Waals surface area contributed by atoms with E-state index in [4.69, 9.17) is 22.1 Å². The molecule has 2 aliphatic heterocycles. The topological polar surface area (TPSA) is 102 Å². The predicted octanol–water partition coefficient (Wildman–Crippen LogP) is 4.19. The van der Waals surface area contributed by atoms with Gasteiger partial charge in [0.25, 0.3) is 5.91 Å². The molecular weight excluding hydrogens is 461 g/mol. The zero-order valence-corrected chi connectivity index (χ0v) is 19.0. The van der Waals surface area contributed by atoms with Crippen LogP contribution in [0.4, 0.5) is 20.7 Å². The largest absolute Gasteiger partial charge is 0.436 e. The molecule has 0 bridgehead atoms. The number of rotatable bonds is 4. The Morgan fingerprint density at radius 3 is 2.85 bits per heavy atom. The second kappa shape index (κ2) is 8.64. The van der Waals surface area contributed by atoms with E-state index in [2.05, 4.69) is 10.4 Å². The molecule has 176 valence electrons. The van der Waals surface area contributed by atoms with Crippen molar-refractivity contribution in [2.75, 3.05) is 24.1 Å². The highest BCUT2D eigenvalue weighted by molar-refractivity contribution is 6.31. The van der Waals surface area contributed by atoms with Gasteiger partial charge in [-0.2, -0.15) is 5.10 Å². The van der Waals surface area contributed by atoms with Crippen LogP contribution in [0, 0.1) is 5.82 Å². The van der Waals surface area contributed by atoms with Gasteiger partial charge in [-0.05, 0) is 37.0 Å². The monoisotopic (exact) mass is 483 g/mol. The standard InChI is InChI=1S/C24H23ClFN5O3/c25-17-7-8-18-19(20(17)26)24(34-23(33)29-18)10-4-11-30(14-24)22(32)16-13-28-31(21(16)27)12-9-15-5-2-1-3-6-15/h1-3,5-8,13H,4,9-12,14,27H2,(H,29,33)/t24-/m0/s1. The number of benzene rings is 2. The highest BCUT2D eigenvalue weighted by atomic mass is 35.5. The first-order valence-corrected chi connectivity index (χ1v) is 11.4. The van der Waals surface area contributed by atoms with Crippen molar-refractivity contribution in [1.82, 2.24) is 14.7 Å². The van der Waals surface area contributed by atoms with Crippen molar-refractivity contribution in [2.45, 2.75) is 31.4 Å². The molecular formula is C24H23ClFN5O3. The molecule has 1 fully saturated rings. The lowest BCUT2D eigenvalue weighted by atomic mass is 9.83. The summed E-state index contributed by atoms with van der Waals surface area (Å²) in [6.07, 6.45) is 2.33. The molecule has 34 heavy (non-hydrogen) atoms. The summed E-state index contributed by atoms with van der Waals surface area (Å²) in [6.45, 7) is 0.920. The molecule has 0 saturated carbocycles. The lowest BCUT2D eigenvalue weighted by Gasteiger charge is -2.45. The Morgan fingerprint density at radius 2 is 2.06 bits per heavy atom. The zero-order valence-electron chi connectivity index (χ0n) is 18.3. The summed E-state index contributed by atoms with van der Waals surface area (Å²) in [4.78, 5) is 27.2. The van der Waals surface area contributed by atoms with Gasteiger partial charge in [0.05, 0.1) is 29.0 Å². The van der Waals surface area contributed by atoms with Crippen LogP contribution in [0.25, 0.3) is 0 Å². The smallest absolute Gasteiger partial charge is 0.412 e. The fourth-order valence-corrected chi connectivity index (χ4v) is 4.89. The van der Waals surface area contributed by atoms with Crippen LogP contribution in [0.15, 0.2) is 48.7 Å². The van der Waals surface area contributed by atoms with Crippen LogP contribution in [-0.4, -0.2) is 39.8 Å². The molecule has 3 aromatic rings. The molecule has 2 aliphatic rings. The number of piperidine rings is 1. The van der Waals surface area contributed by atoms with E-state index >= 15 is 4.39 Å². The number of nitrogens with zero attached hydrogens (tertiary/aromatic N) is 3. The molecule has 3 N–H and O–H groups in total. The number of carbonyl (C=O) groups excluding carboxylic acids is 2. The third-order valence-electron chi connectivity index (χ3n) is 6.38. The summed E-state index contributed by atoms with van der Waals surface area (Å²) in [6, 6.07) is 12.8. The highest BCUT2D eigenvalue weighted by Crippen LogP contribution is 2.45. The molecule has 2 amide bonds. The molecule has 0 radical (unpaired) electrons. The number of aryl methyl sites for hydroxylation is 2. The van der Waals surface area contributed by atoms with Crippen LogP contribution >= 0.6 is 11.6 Å². The first kappa shape index (κ1) is 22.2. The SMILES string of the molecule is Nc1c(C(=O)N2CCC[C@@]3(C2)OC(=O)Nc2ccc(Cl)c(F)c23)cnn1CCc1ccccc1. The molecule has 5 rings (SSSR count). The molecule has 2 aromatic carbocycles. The Kier molecular flexibility index (Phi) is 5.65. The quantitative estimate of drug-likeness (QED) is 0.579. The Morgan fingerprint density at radius 1 is 1.26 bits per heavy atom. The number of nitrogen functional groups attached to an aromatic ring is 1. The number of nitrogens with one attached hydrogen (secondary N) is 1. The Hall–Kier alpha value is -3.59. The molecule has 0 unspecified atom stereocenters. The van der Waals surface area contributed by atoms with Gasteiger partial charge in [0.1, 0.15) is 11.4 Å². The normalized spacial score (nSPS) is 19.5. The van der Waals surface area contributed by atoms with E-state index < -0.39 is 17.5 Å². The van der Waals surface area contributed by atoms with E-state index in [1.165, 1.54) is 17.2 Å². The van der Waals surface area contributed by atoms with Crippen molar-refractivity contribution in [3.8, 4) is 0 Å². The summed E-state index contributed by atoms with van der Waals surface area (Å²) in [5.74, 6) is -0.750. The van der Waals surface area contributed by atoms with Crippen LogP contribution in [0.2, 0.25) is 5.02 Å². The van der Waals surface area contributed by atoms with Gasteiger partial charge in [0.2, 0.25) is 0 Å². The average molecular weight is 484 g/mol. The van der Waals surface area contributed by atoms with Crippen molar-refractivity contribution in [2.24, 2.45) is 0 Å². The maximum Gasteiger partial charge on any atom is 0.412 e. The van der Waals surface area contributed by atoms with Crippen LogP contribution in [-0.2, 0) is 23.3 Å². The predicted molar refractivity (Wildman–Crippen MR) is 125 cm³/mol. The first-order chi connectivity index (χ1) is 16.4. The minimum atomic E-state index is -1.33. The maximum absolute atomic E-state index is 15.1. The van der Waals surface area contributed by atoms with Gasteiger partial charge in [-0.3, -0.25) is 10.1 Å². The number of halogens is 2. The second-order valence-electron chi connectivity index (χ2n) is 8.53. The van der Waals surface area contributed by atoms with E-state index in [9.17, 15) is 9.59 Å². The number of carbonyl (C=O) groups is 2. The van der Waals surface area contributed by atoms with Crippen LogP contribution in [0.5, 0.6) is 0 Å². The Balaban J connectivity index is 1.39. The molecule has 10 heteroatoms. The van der Waals surface area contributed by atoms with Gasteiger partial charge in [0.15, 0.2) is 11.4 Å². The molecule has 1 saturated heterocycles. The van der Waals surface area contributed by atoms with Crippen LogP contribution < -0.4 is 11.1 Å². The maximum atomic E-state index is 15.1. The van der Waals surface area contributed by atoms with Gasteiger partial charge >= 0.3 is 6.09 Å². The minimum Gasteiger partial charge on any atom is -0.436 e. The van der Waals surface area contributed by atoms with Gasteiger partial charge < -0.3 is 15.4 Å². The third kappa shape index (κ3) is 3.86. The fourth-order valence-electron chi connectivity index (χ4n) is 4.73. The number of amides is 2. The van der Waals surface area contributed by atoms with E-state index in [1.807, 2.05) is 30.3 Å². The fraction of sp³-hybridized carbons (Fsp3) is 0.292. The molecule has 1 spiro atoms. The number of fused-ring (bicyclic) bond motifs is 2. The number of hydrogen-bond donors (Lipinski definition) is 2. The van der Waals surface area contributed by atoms with E-state index in [-0.39, 0.29) is 34.4 Å². The van der Waals surface area contributed by atoms with Gasteiger partial charge in [-0.15, -0.1) is 0 Å². The van der Waals surface area contributed by atoms with Crippen LogP contribution in [0.3, 0.4) is 0 Å². The lowest BCUT2D eigenvalue weighted by molar-refractivity contribution is -0.0418. The lowest BCUT2D eigenvalue weighted by Crippen LogP contribution is -2.53. The summed E-state index contributed by atoms with van der Waals surface area (Å²) in [5, 5.41) is 6.74. The van der Waals surface area contributed by atoms with Gasteiger partial charge in [-0.25, -0.2) is 13.9 Å². The number of nitrogens with two attached hydrogens (primary N) is 1. The highest BCUT2D eigenvalue weighted by Gasteiger charge is 2.48. The molecule has 3 heterocycles. The summed E-state index contributed by atoms with van der Waals surface area (Å²) < 4.78 is 22.3. The first-order valence-electron chi connectivity index (χ1n) is 11.0. The van der Waals surface area contributed by atoms with E-state index in [0.717, 1.165) is 5.56 Å². The Bertz CT molecular complexity index is 1260. The number of hydrogen-bond acceptors (Lipinski definition) is 5. The minimum absolute atomic E-state index is 0.0157.